The number of pyridine rings is 3. The van der Waals surface area contributed by atoms with Crippen molar-refractivity contribution in [3.8, 4) is 44.8 Å². The highest BCUT2D eigenvalue weighted by molar-refractivity contribution is 6.04. The van der Waals surface area contributed by atoms with Crippen LogP contribution in [0.2, 0.25) is 0 Å². The average Bonchev–Trinajstić information content (AvgIpc) is 3.33. The summed E-state index contributed by atoms with van der Waals surface area (Å²) in [7, 11) is 0. The van der Waals surface area contributed by atoms with E-state index >= 15 is 0 Å². The normalized spacial score (nSPS) is 13.3. The quantitative estimate of drug-likeness (QED) is 0.197. The molecule has 0 radical (unpaired) electrons. The van der Waals surface area contributed by atoms with Crippen LogP contribution in [-0.2, 0) is 5.41 Å². The maximum atomic E-state index is 5.25. The molecule has 3 heteroatoms. The third-order valence-electron chi connectivity index (χ3n) is 9.54. The monoisotopic (exact) mass is 575 g/mol. The second kappa shape index (κ2) is 9.67. The summed E-state index contributed by atoms with van der Waals surface area (Å²) in [5.41, 5.74) is 14.6. The molecular formula is C42H29N3. The summed E-state index contributed by atoms with van der Waals surface area (Å²) in [5, 5.41) is 3.33. The van der Waals surface area contributed by atoms with Gasteiger partial charge in [-0.3, -0.25) is 4.98 Å². The van der Waals surface area contributed by atoms with Gasteiger partial charge in [0.1, 0.15) is 0 Å². The lowest BCUT2D eigenvalue weighted by Gasteiger charge is -2.21. The van der Waals surface area contributed by atoms with Crippen LogP contribution in [0, 0.1) is 0 Å². The summed E-state index contributed by atoms with van der Waals surface area (Å²) in [6.07, 6.45) is 1.84. The van der Waals surface area contributed by atoms with E-state index in [2.05, 4.69) is 146 Å². The Morgan fingerprint density at radius 2 is 1.09 bits per heavy atom. The minimum atomic E-state index is -0.0536. The summed E-state index contributed by atoms with van der Waals surface area (Å²) in [6, 6.07) is 47.5. The molecule has 1 aliphatic rings. The molecule has 0 saturated heterocycles. The minimum Gasteiger partial charge on any atom is -0.256 e. The molecular weight excluding hydrogens is 546 g/mol. The van der Waals surface area contributed by atoms with Crippen LogP contribution in [0.25, 0.3) is 77.5 Å². The van der Waals surface area contributed by atoms with Crippen LogP contribution in [0.4, 0.5) is 0 Å². The first kappa shape index (κ1) is 25.8. The Bertz CT molecular complexity index is 2450. The van der Waals surface area contributed by atoms with Gasteiger partial charge < -0.3 is 0 Å². The number of nitrogens with zero attached hydrogens (tertiary/aromatic N) is 3. The third-order valence-corrected chi connectivity index (χ3v) is 9.54. The highest BCUT2D eigenvalue weighted by Crippen LogP contribution is 2.49. The molecule has 1 aliphatic carbocycles. The number of benzene rings is 5. The van der Waals surface area contributed by atoms with Gasteiger partial charge in [0.15, 0.2) is 0 Å². The first-order valence-electron chi connectivity index (χ1n) is 15.4. The number of hydrogen-bond donors (Lipinski definition) is 0. The van der Waals surface area contributed by atoms with Crippen molar-refractivity contribution >= 4 is 32.7 Å². The molecule has 3 nitrogen and oxygen atoms in total. The van der Waals surface area contributed by atoms with Gasteiger partial charge in [-0.05, 0) is 63.7 Å². The predicted octanol–water partition coefficient (Wildman–Crippen LogP) is 10.6. The minimum absolute atomic E-state index is 0.0536. The smallest absolute Gasteiger partial charge is 0.0972 e. The lowest BCUT2D eigenvalue weighted by Crippen LogP contribution is -2.14. The first-order valence-corrected chi connectivity index (χ1v) is 15.4. The highest BCUT2D eigenvalue weighted by atomic mass is 14.8. The molecule has 5 aromatic carbocycles. The SMILES string of the molecule is CC1(C)c2ccccc2-c2ccc(-c3ccc4ccc5ccc(-c6ccc(-c7cccc8ncccc78)cc6)nc5c4n3)cc21. The molecule has 9 rings (SSSR count). The topological polar surface area (TPSA) is 38.7 Å². The molecule has 8 aromatic rings. The van der Waals surface area contributed by atoms with Gasteiger partial charge in [0, 0.05) is 38.9 Å². The van der Waals surface area contributed by atoms with E-state index in [1.165, 1.54) is 27.8 Å². The fraction of sp³-hybridized carbons (Fsp3) is 0.0714. The molecule has 0 atom stereocenters. The van der Waals surface area contributed by atoms with Crippen LogP contribution in [0.5, 0.6) is 0 Å². The third kappa shape index (κ3) is 4.01. The van der Waals surface area contributed by atoms with Crippen molar-refractivity contribution in [2.45, 2.75) is 19.3 Å². The van der Waals surface area contributed by atoms with E-state index in [1.807, 2.05) is 12.3 Å². The number of fused-ring (bicyclic) bond motifs is 7. The van der Waals surface area contributed by atoms with Crippen molar-refractivity contribution in [3.05, 3.63) is 151 Å². The molecule has 0 N–H and O–H groups in total. The number of hydrogen-bond acceptors (Lipinski definition) is 3. The molecule has 0 amide bonds. The molecule has 3 aromatic heterocycles. The van der Waals surface area contributed by atoms with E-state index in [1.54, 1.807) is 0 Å². The van der Waals surface area contributed by atoms with Crippen molar-refractivity contribution in [1.82, 2.24) is 15.0 Å². The summed E-state index contributed by atoms with van der Waals surface area (Å²) in [4.78, 5) is 15.0. The zero-order valence-corrected chi connectivity index (χ0v) is 25.1. The van der Waals surface area contributed by atoms with Crippen LogP contribution >= 0.6 is 0 Å². The molecule has 3 heterocycles. The van der Waals surface area contributed by atoms with Crippen LogP contribution in [0.1, 0.15) is 25.0 Å². The molecule has 45 heavy (non-hydrogen) atoms. The fourth-order valence-corrected chi connectivity index (χ4v) is 7.13. The van der Waals surface area contributed by atoms with Gasteiger partial charge in [-0.25, -0.2) is 9.97 Å². The number of aromatic nitrogens is 3. The van der Waals surface area contributed by atoms with Crippen molar-refractivity contribution in [2.75, 3.05) is 0 Å². The van der Waals surface area contributed by atoms with Gasteiger partial charge in [0.05, 0.1) is 27.9 Å². The Labute approximate surface area is 261 Å². The predicted molar refractivity (Wildman–Crippen MR) is 186 cm³/mol. The van der Waals surface area contributed by atoms with Gasteiger partial charge in [-0.15, -0.1) is 0 Å². The van der Waals surface area contributed by atoms with Crippen molar-refractivity contribution in [3.63, 3.8) is 0 Å². The molecule has 0 spiro atoms. The largest absolute Gasteiger partial charge is 0.256 e. The zero-order chi connectivity index (χ0) is 30.1. The maximum Gasteiger partial charge on any atom is 0.0972 e. The Morgan fingerprint density at radius 3 is 1.87 bits per heavy atom. The van der Waals surface area contributed by atoms with Gasteiger partial charge in [0.25, 0.3) is 0 Å². The number of rotatable bonds is 3. The molecule has 0 unspecified atom stereocenters. The first-order chi connectivity index (χ1) is 22.0. The van der Waals surface area contributed by atoms with E-state index < -0.39 is 0 Å². The maximum absolute atomic E-state index is 5.25. The van der Waals surface area contributed by atoms with Crippen LogP contribution in [0.3, 0.4) is 0 Å². The van der Waals surface area contributed by atoms with E-state index in [4.69, 9.17) is 9.97 Å². The van der Waals surface area contributed by atoms with E-state index in [0.29, 0.717) is 0 Å². The molecule has 0 fully saturated rings. The zero-order valence-electron chi connectivity index (χ0n) is 25.1. The van der Waals surface area contributed by atoms with Gasteiger partial charge >= 0.3 is 0 Å². The average molecular weight is 576 g/mol. The van der Waals surface area contributed by atoms with Crippen molar-refractivity contribution < 1.29 is 0 Å². The van der Waals surface area contributed by atoms with Crippen molar-refractivity contribution in [1.29, 1.82) is 0 Å². The van der Waals surface area contributed by atoms with Crippen LogP contribution in [0.15, 0.2) is 140 Å². The van der Waals surface area contributed by atoms with Crippen LogP contribution in [-0.4, -0.2) is 15.0 Å². The van der Waals surface area contributed by atoms with Gasteiger partial charge in [-0.1, -0.05) is 117 Å². The van der Waals surface area contributed by atoms with E-state index in [0.717, 1.165) is 60.8 Å². The molecule has 0 saturated carbocycles. The highest BCUT2D eigenvalue weighted by Gasteiger charge is 2.35. The Morgan fingerprint density at radius 1 is 0.467 bits per heavy atom. The van der Waals surface area contributed by atoms with Gasteiger partial charge in [-0.2, -0.15) is 0 Å². The standard InChI is InChI=1S/C42H29N3/c1-42(2)35-10-4-3-7-32(35)33-21-18-30(25-36(33)42)38-23-20-29-17-16-28-19-22-37(44-40(28)41(29)45-38)27-14-12-26(13-15-27)31-8-5-11-39-34(31)9-6-24-43-39/h3-25H,1-2H3. The summed E-state index contributed by atoms with van der Waals surface area (Å²) < 4.78 is 0. The Hall–Kier alpha value is -5.67. The van der Waals surface area contributed by atoms with Gasteiger partial charge in [0.2, 0.25) is 0 Å². The van der Waals surface area contributed by atoms with E-state index in [-0.39, 0.29) is 5.41 Å². The fourth-order valence-electron chi connectivity index (χ4n) is 7.13. The van der Waals surface area contributed by atoms with Crippen LogP contribution < -0.4 is 0 Å². The van der Waals surface area contributed by atoms with Crippen molar-refractivity contribution in [2.24, 2.45) is 0 Å². The lowest BCUT2D eigenvalue weighted by molar-refractivity contribution is 0.660. The summed E-state index contributed by atoms with van der Waals surface area (Å²) in [5.74, 6) is 0. The van der Waals surface area contributed by atoms with E-state index in [9.17, 15) is 0 Å². The molecule has 0 bridgehead atoms. The Balaban J connectivity index is 1.12. The second-order valence-corrected chi connectivity index (χ2v) is 12.5. The molecule has 212 valence electrons. The summed E-state index contributed by atoms with van der Waals surface area (Å²) >= 11 is 0. The lowest BCUT2D eigenvalue weighted by atomic mass is 9.82. The second-order valence-electron chi connectivity index (χ2n) is 12.5. The summed E-state index contributed by atoms with van der Waals surface area (Å²) in [6.45, 7) is 4.64. The Kier molecular flexibility index (Phi) is 5.54. The molecule has 0 aliphatic heterocycles.